The van der Waals surface area contributed by atoms with Crippen molar-refractivity contribution in [3.8, 4) is 0 Å². The van der Waals surface area contributed by atoms with E-state index in [1.54, 1.807) is 0 Å². The minimum atomic E-state index is 0.0763. The zero-order valence-electron chi connectivity index (χ0n) is 13.7. The number of ketones is 1. The van der Waals surface area contributed by atoms with Crippen LogP contribution in [0, 0.1) is 6.92 Å². The lowest BCUT2D eigenvalue weighted by Gasteiger charge is -2.26. The van der Waals surface area contributed by atoms with E-state index in [9.17, 15) is 4.79 Å². The molecule has 0 atom stereocenters. The van der Waals surface area contributed by atoms with Gasteiger partial charge in [0.2, 0.25) is 0 Å². The maximum Gasteiger partial charge on any atom is 0.164 e. The number of aryl methyl sites for hydroxylation is 1. The fourth-order valence-corrected chi connectivity index (χ4v) is 2.61. The van der Waals surface area contributed by atoms with Crippen molar-refractivity contribution in [3.63, 3.8) is 0 Å². The van der Waals surface area contributed by atoms with Gasteiger partial charge in [-0.3, -0.25) is 9.69 Å². The highest BCUT2D eigenvalue weighted by atomic mass is 16.5. The number of hydrogen-bond acceptors (Lipinski definition) is 3. The van der Waals surface area contributed by atoms with Crippen LogP contribution in [0.15, 0.2) is 18.2 Å². The first kappa shape index (κ1) is 16.2. The lowest BCUT2D eigenvalue weighted by atomic mass is 9.84. The van der Waals surface area contributed by atoms with Gasteiger partial charge >= 0.3 is 0 Å². The van der Waals surface area contributed by atoms with Crippen molar-refractivity contribution in [3.05, 3.63) is 34.9 Å². The van der Waals surface area contributed by atoms with E-state index < -0.39 is 0 Å². The normalized spacial score (nSPS) is 17.0. The fourth-order valence-electron chi connectivity index (χ4n) is 2.61. The van der Waals surface area contributed by atoms with Gasteiger partial charge in [-0.1, -0.05) is 32.9 Å². The number of nitrogens with zero attached hydrogens (tertiary/aromatic N) is 1. The molecule has 2 rings (SSSR count). The molecule has 0 unspecified atom stereocenters. The molecule has 0 spiro atoms. The first-order valence-corrected chi connectivity index (χ1v) is 7.82. The van der Waals surface area contributed by atoms with Crippen LogP contribution >= 0.6 is 0 Å². The van der Waals surface area contributed by atoms with Crippen LogP contribution in [0.2, 0.25) is 0 Å². The van der Waals surface area contributed by atoms with E-state index in [1.165, 1.54) is 5.56 Å². The van der Waals surface area contributed by atoms with Gasteiger partial charge in [0.05, 0.1) is 13.2 Å². The Morgan fingerprint density at radius 3 is 2.52 bits per heavy atom. The van der Waals surface area contributed by atoms with Crippen LogP contribution in [-0.4, -0.2) is 43.5 Å². The molecule has 0 N–H and O–H groups in total. The Morgan fingerprint density at radius 1 is 1.24 bits per heavy atom. The lowest BCUT2D eigenvalue weighted by molar-refractivity contribution is 0.0370. The number of benzene rings is 1. The molecule has 1 aromatic rings. The Balaban J connectivity index is 2.04. The van der Waals surface area contributed by atoms with Gasteiger partial charge in [0.25, 0.3) is 0 Å². The lowest BCUT2D eigenvalue weighted by Crippen LogP contribution is -2.37. The average molecular weight is 289 g/mol. The van der Waals surface area contributed by atoms with Gasteiger partial charge in [-0.15, -0.1) is 0 Å². The summed E-state index contributed by atoms with van der Waals surface area (Å²) in [6.07, 6.45) is 0.592. The zero-order chi connectivity index (χ0) is 15.5. The Kier molecular flexibility index (Phi) is 5.17. The molecule has 1 heterocycles. The van der Waals surface area contributed by atoms with Gasteiger partial charge in [-0.25, -0.2) is 0 Å². The van der Waals surface area contributed by atoms with E-state index in [1.807, 2.05) is 6.92 Å². The van der Waals surface area contributed by atoms with Gasteiger partial charge in [0.15, 0.2) is 5.78 Å². The summed E-state index contributed by atoms with van der Waals surface area (Å²) < 4.78 is 5.34. The Labute approximate surface area is 128 Å². The van der Waals surface area contributed by atoms with Crippen molar-refractivity contribution >= 4 is 5.78 Å². The van der Waals surface area contributed by atoms with Crippen molar-refractivity contribution in [2.75, 3.05) is 32.8 Å². The highest BCUT2D eigenvalue weighted by Gasteiger charge is 2.18. The van der Waals surface area contributed by atoms with E-state index in [4.69, 9.17) is 4.74 Å². The highest BCUT2D eigenvalue weighted by Crippen LogP contribution is 2.25. The van der Waals surface area contributed by atoms with Gasteiger partial charge in [-0.2, -0.15) is 0 Å². The number of rotatable bonds is 4. The summed E-state index contributed by atoms with van der Waals surface area (Å²) in [5.41, 5.74) is 3.26. The zero-order valence-corrected chi connectivity index (χ0v) is 13.7. The van der Waals surface area contributed by atoms with Gasteiger partial charge in [0, 0.05) is 31.6 Å². The van der Waals surface area contributed by atoms with E-state index in [2.05, 4.69) is 43.9 Å². The van der Waals surface area contributed by atoms with Crippen LogP contribution in [0.3, 0.4) is 0 Å². The van der Waals surface area contributed by atoms with Crippen molar-refractivity contribution < 1.29 is 9.53 Å². The predicted octanol–water partition coefficient (Wildman–Crippen LogP) is 3.20. The average Bonchev–Trinajstić information content (AvgIpc) is 2.45. The minimum absolute atomic E-state index is 0.0763. The molecule has 3 nitrogen and oxygen atoms in total. The smallest absolute Gasteiger partial charge is 0.164 e. The van der Waals surface area contributed by atoms with Crippen LogP contribution in [0.1, 0.15) is 48.7 Å². The first-order chi connectivity index (χ1) is 9.88. The highest BCUT2D eigenvalue weighted by molar-refractivity contribution is 5.97. The molecule has 0 bridgehead atoms. The van der Waals surface area contributed by atoms with Gasteiger partial charge in [-0.05, 0) is 29.5 Å². The van der Waals surface area contributed by atoms with Gasteiger partial charge < -0.3 is 4.74 Å². The summed E-state index contributed by atoms with van der Waals surface area (Å²) in [4.78, 5) is 14.8. The Morgan fingerprint density at radius 2 is 1.90 bits per heavy atom. The maximum absolute atomic E-state index is 12.5. The number of carbonyl (C=O) groups is 1. The van der Waals surface area contributed by atoms with Gasteiger partial charge in [0.1, 0.15) is 0 Å². The number of ether oxygens (including phenoxy) is 1. The summed E-state index contributed by atoms with van der Waals surface area (Å²) in [6, 6.07) is 6.29. The third-order valence-electron chi connectivity index (χ3n) is 4.16. The molecular weight excluding hydrogens is 262 g/mol. The molecule has 0 saturated carbocycles. The number of carbonyl (C=O) groups excluding carboxylic acids is 1. The van der Waals surface area contributed by atoms with Crippen LogP contribution in [0.25, 0.3) is 0 Å². The van der Waals surface area contributed by atoms with Crippen molar-refractivity contribution in [2.45, 2.75) is 39.5 Å². The molecule has 1 saturated heterocycles. The van der Waals surface area contributed by atoms with E-state index in [0.717, 1.165) is 44.0 Å². The quantitative estimate of drug-likeness (QED) is 0.797. The minimum Gasteiger partial charge on any atom is -0.379 e. The Hall–Kier alpha value is -1.19. The second kappa shape index (κ2) is 6.71. The summed E-state index contributed by atoms with van der Waals surface area (Å²) in [5, 5.41) is 0. The third kappa shape index (κ3) is 4.39. The van der Waals surface area contributed by atoms with Crippen LogP contribution in [0.5, 0.6) is 0 Å². The molecule has 0 aliphatic carbocycles. The predicted molar refractivity (Wildman–Crippen MR) is 86.1 cm³/mol. The standard InChI is InChI=1S/C18H27NO2/c1-14-5-6-15(18(2,3)4)13-16(14)17(20)7-8-19-9-11-21-12-10-19/h5-6,13H,7-12H2,1-4H3. The van der Waals surface area contributed by atoms with E-state index in [0.29, 0.717) is 6.42 Å². The molecule has 0 radical (unpaired) electrons. The molecule has 3 heteroatoms. The summed E-state index contributed by atoms with van der Waals surface area (Å²) in [7, 11) is 0. The topological polar surface area (TPSA) is 29.5 Å². The molecule has 0 amide bonds. The van der Waals surface area contributed by atoms with Crippen LogP contribution < -0.4 is 0 Å². The Bertz CT molecular complexity index is 496. The number of Topliss-reactive ketones (excluding diaryl/α,β-unsaturated/α-hetero) is 1. The van der Waals surface area contributed by atoms with E-state index >= 15 is 0 Å². The molecule has 1 aliphatic heterocycles. The molecule has 1 fully saturated rings. The number of morpholine rings is 1. The monoisotopic (exact) mass is 289 g/mol. The van der Waals surface area contributed by atoms with E-state index in [-0.39, 0.29) is 11.2 Å². The van der Waals surface area contributed by atoms with Crippen LogP contribution in [-0.2, 0) is 10.2 Å². The second-order valence-electron chi connectivity index (χ2n) is 6.91. The molecular formula is C18H27NO2. The maximum atomic E-state index is 12.5. The van der Waals surface area contributed by atoms with Crippen molar-refractivity contribution in [1.29, 1.82) is 0 Å². The van der Waals surface area contributed by atoms with Crippen molar-refractivity contribution in [2.24, 2.45) is 0 Å². The summed E-state index contributed by atoms with van der Waals surface area (Å²) >= 11 is 0. The second-order valence-corrected chi connectivity index (χ2v) is 6.91. The molecule has 21 heavy (non-hydrogen) atoms. The molecule has 0 aromatic heterocycles. The van der Waals surface area contributed by atoms with Crippen LogP contribution in [0.4, 0.5) is 0 Å². The SMILES string of the molecule is Cc1ccc(C(C)(C)C)cc1C(=O)CCN1CCOCC1. The molecule has 1 aliphatic rings. The molecule has 1 aromatic carbocycles. The summed E-state index contributed by atoms with van der Waals surface area (Å²) in [6.45, 7) is 12.8. The molecule has 116 valence electrons. The third-order valence-corrected chi connectivity index (χ3v) is 4.16. The summed E-state index contributed by atoms with van der Waals surface area (Å²) in [5.74, 6) is 0.255. The number of hydrogen-bond donors (Lipinski definition) is 0. The largest absolute Gasteiger partial charge is 0.379 e. The van der Waals surface area contributed by atoms with Crippen molar-refractivity contribution in [1.82, 2.24) is 4.90 Å². The first-order valence-electron chi connectivity index (χ1n) is 7.82. The fraction of sp³-hybridized carbons (Fsp3) is 0.611.